The number of anilines is 2. The molecule has 0 aliphatic carbocycles. The van der Waals surface area contributed by atoms with Gasteiger partial charge >= 0.3 is 0 Å². The molecule has 0 amide bonds. The van der Waals surface area contributed by atoms with Crippen molar-refractivity contribution in [2.45, 2.75) is 25.2 Å². The summed E-state index contributed by atoms with van der Waals surface area (Å²) in [4.78, 5) is 0. The first-order valence-electron chi connectivity index (χ1n) is 10.0. The standard InChI is InChI=1S/C22H20N8/c1-2-8-16-15(7-1)23-19(13-29-21-11-5-3-9-17(21)25-27-29)20(24-16)14-30-22-12-6-4-10-18(22)26-28-30/h1-12,19-20,23-24H,13-14H2. The molecule has 0 spiro atoms. The number of hydrogen-bond donors (Lipinski definition) is 2. The Labute approximate surface area is 172 Å². The van der Waals surface area contributed by atoms with Crippen LogP contribution in [0.3, 0.4) is 0 Å². The van der Waals surface area contributed by atoms with Crippen LogP contribution in [0.15, 0.2) is 72.8 Å². The highest BCUT2D eigenvalue weighted by Crippen LogP contribution is 2.30. The minimum absolute atomic E-state index is 0.0907. The molecule has 0 fully saturated rings. The van der Waals surface area contributed by atoms with Crippen LogP contribution in [0, 0.1) is 0 Å². The lowest BCUT2D eigenvalue weighted by Crippen LogP contribution is -2.48. The molecule has 8 heteroatoms. The van der Waals surface area contributed by atoms with Crippen molar-refractivity contribution in [2.24, 2.45) is 0 Å². The maximum atomic E-state index is 4.39. The summed E-state index contributed by atoms with van der Waals surface area (Å²) in [7, 11) is 0. The van der Waals surface area contributed by atoms with Gasteiger partial charge in [0.1, 0.15) is 11.0 Å². The van der Waals surface area contributed by atoms with Crippen molar-refractivity contribution in [3.63, 3.8) is 0 Å². The number of aromatic nitrogens is 6. The average molecular weight is 396 g/mol. The van der Waals surface area contributed by atoms with Crippen LogP contribution in [0.25, 0.3) is 22.1 Å². The summed E-state index contributed by atoms with van der Waals surface area (Å²) in [5, 5.41) is 24.8. The van der Waals surface area contributed by atoms with Gasteiger partial charge in [-0.3, -0.25) is 0 Å². The van der Waals surface area contributed by atoms with Gasteiger partial charge in [-0.15, -0.1) is 10.2 Å². The lowest BCUT2D eigenvalue weighted by atomic mass is 10.0. The third kappa shape index (κ3) is 2.85. The maximum absolute atomic E-state index is 4.39. The number of fused-ring (bicyclic) bond motifs is 3. The Morgan fingerprint density at radius 3 is 1.53 bits per heavy atom. The van der Waals surface area contributed by atoms with Crippen LogP contribution < -0.4 is 10.6 Å². The van der Waals surface area contributed by atoms with Gasteiger partial charge in [0.2, 0.25) is 0 Å². The van der Waals surface area contributed by atoms with E-state index in [1.54, 1.807) is 0 Å². The van der Waals surface area contributed by atoms with Gasteiger partial charge in [0.05, 0.1) is 47.6 Å². The van der Waals surface area contributed by atoms with E-state index in [-0.39, 0.29) is 12.1 Å². The first-order valence-corrected chi connectivity index (χ1v) is 10.0. The zero-order valence-electron chi connectivity index (χ0n) is 16.2. The average Bonchev–Trinajstić information content (AvgIpc) is 3.39. The van der Waals surface area contributed by atoms with E-state index in [1.807, 2.05) is 57.9 Å². The lowest BCUT2D eigenvalue weighted by molar-refractivity contribution is 0.424. The second-order valence-corrected chi connectivity index (χ2v) is 7.57. The van der Waals surface area contributed by atoms with Crippen LogP contribution in [0.5, 0.6) is 0 Å². The molecule has 6 rings (SSSR count). The molecule has 2 aromatic heterocycles. The highest BCUT2D eigenvalue weighted by Gasteiger charge is 2.29. The lowest BCUT2D eigenvalue weighted by Gasteiger charge is -2.36. The van der Waals surface area contributed by atoms with E-state index in [9.17, 15) is 0 Å². The number of nitrogens with one attached hydrogen (secondary N) is 2. The van der Waals surface area contributed by atoms with Crippen molar-refractivity contribution in [1.29, 1.82) is 0 Å². The summed E-state index contributed by atoms with van der Waals surface area (Å²) in [6.07, 6.45) is 0. The quantitative estimate of drug-likeness (QED) is 0.485. The summed E-state index contributed by atoms with van der Waals surface area (Å²) in [6, 6.07) is 24.5. The van der Waals surface area contributed by atoms with Crippen molar-refractivity contribution in [1.82, 2.24) is 30.0 Å². The Hall–Kier alpha value is -3.94. The minimum atomic E-state index is 0.0907. The van der Waals surface area contributed by atoms with Gasteiger partial charge in [-0.2, -0.15) is 0 Å². The fourth-order valence-electron chi connectivity index (χ4n) is 4.16. The fourth-order valence-corrected chi connectivity index (χ4v) is 4.16. The second-order valence-electron chi connectivity index (χ2n) is 7.57. The molecule has 1 aliphatic heterocycles. The molecule has 5 aromatic rings. The number of benzene rings is 3. The summed E-state index contributed by atoms with van der Waals surface area (Å²) in [6.45, 7) is 1.36. The van der Waals surface area contributed by atoms with Gasteiger partial charge in [0.25, 0.3) is 0 Å². The van der Waals surface area contributed by atoms with Crippen LogP contribution in [0.1, 0.15) is 0 Å². The van der Waals surface area contributed by atoms with E-state index in [0.717, 1.165) is 33.4 Å². The molecule has 2 unspecified atom stereocenters. The molecule has 3 heterocycles. The van der Waals surface area contributed by atoms with Crippen molar-refractivity contribution < 1.29 is 0 Å². The van der Waals surface area contributed by atoms with E-state index < -0.39 is 0 Å². The predicted molar refractivity (Wildman–Crippen MR) is 116 cm³/mol. The zero-order valence-corrected chi connectivity index (χ0v) is 16.2. The van der Waals surface area contributed by atoms with Gasteiger partial charge in [-0.05, 0) is 36.4 Å². The van der Waals surface area contributed by atoms with Crippen molar-refractivity contribution in [2.75, 3.05) is 10.6 Å². The zero-order chi connectivity index (χ0) is 19.9. The molecule has 2 atom stereocenters. The van der Waals surface area contributed by atoms with Gasteiger partial charge in [-0.25, -0.2) is 9.36 Å². The van der Waals surface area contributed by atoms with E-state index >= 15 is 0 Å². The number of hydrogen-bond acceptors (Lipinski definition) is 6. The van der Waals surface area contributed by atoms with E-state index in [1.165, 1.54) is 0 Å². The normalized spacial score (nSPS) is 18.1. The van der Waals surface area contributed by atoms with Crippen molar-refractivity contribution in [3.8, 4) is 0 Å². The molecule has 0 bridgehead atoms. The van der Waals surface area contributed by atoms with Crippen molar-refractivity contribution >= 4 is 33.4 Å². The summed E-state index contributed by atoms with van der Waals surface area (Å²) in [5.41, 5.74) is 6.05. The van der Waals surface area contributed by atoms with Crippen LogP contribution in [-0.2, 0) is 13.1 Å². The highest BCUT2D eigenvalue weighted by atomic mass is 15.4. The Morgan fingerprint density at radius 2 is 1.03 bits per heavy atom. The molecule has 0 radical (unpaired) electrons. The molecular formula is C22H20N8. The Kier molecular flexibility index (Phi) is 3.87. The molecule has 148 valence electrons. The molecule has 0 saturated carbocycles. The van der Waals surface area contributed by atoms with E-state index in [0.29, 0.717) is 13.1 Å². The Bertz CT molecular complexity index is 1230. The molecule has 2 N–H and O–H groups in total. The smallest absolute Gasteiger partial charge is 0.113 e. The monoisotopic (exact) mass is 396 g/mol. The van der Waals surface area contributed by atoms with E-state index in [2.05, 4.69) is 55.5 Å². The van der Waals surface area contributed by atoms with Crippen molar-refractivity contribution in [3.05, 3.63) is 72.8 Å². The molecular weight excluding hydrogens is 376 g/mol. The van der Waals surface area contributed by atoms with E-state index in [4.69, 9.17) is 0 Å². The topological polar surface area (TPSA) is 85.5 Å². The summed E-state index contributed by atoms with van der Waals surface area (Å²) >= 11 is 0. The third-order valence-corrected chi connectivity index (χ3v) is 5.67. The molecule has 1 aliphatic rings. The predicted octanol–water partition coefficient (Wildman–Crippen LogP) is 3.15. The fraction of sp³-hybridized carbons (Fsp3) is 0.182. The first kappa shape index (κ1) is 17.0. The third-order valence-electron chi connectivity index (χ3n) is 5.67. The molecule has 8 nitrogen and oxygen atoms in total. The number of para-hydroxylation sites is 4. The number of rotatable bonds is 4. The Balaban J connectivity index is 1.36. The van der Waals surface area contributed by atoms with Gasteiger partial charge < -0.3 is 10.6 Å². The van der Waals surface area contributed by atoms with Gasteiger partial charge in [-0.1, -0.05) is 46.8 Å². The van der Waals surface area contributed by atoms with Crippen LogP contribution in [-0.4, -0.2) is 42.1 Å². The number of nitrogens with zero attached hydrogens (tertiary/aromatic N) is 6. The largest absolute Gasteiger partial charge is 0.377 e. The minimum Gasteiger partial charge on any atom is -0.377 e. The SMILES string of the molecule is c1ccc2c(c1)NC(Cn1nnc3ccccc31)C(Cn1nnc3ccccc31)N2. The van der Waals surface area contributed by atoms with Crippen LogP contribution in [0.4, 0.5) is 11.4 Å². The molecule has 3 aromatic carbocycles. The molecule has 0 saturated heterocycles. The first-order chi connectivity index (χ1) is 14.8. The summed E-state index contributed by atoms with van der Waals surface area (Å²) < 4.78 is 3.93. The van der Waals surface area contributed by atoms with Crippen LogP contribution in [0.2, 0.25) is 0 Å². The maximum Gasteiger partial charge on any atom is 0.113 e. The van der Waals surface area contributed by atoms with Crippen LogP contribution >= 0.6 is 0 Å². The van der Waals surface area contributed by atoms with Gasteiger partial charge in [0.15, 0.2) is 0 Å². The van der Waals surface area contributed by atoms with Gasteiger partial charge in [0, 0.05) is 0 Å². The summed E-state index contributed by atoms with van der Waals surface area (Å²) in [5.74, 6) is 0. The highest BCUT2D eigenvalue weighted by molar-refractivity contribution is 5.75. The molecule has 30 heavy (non-hydrogen) atoms. The second kappa shape index (κ2) is 6.84. The Morgan fingerprint density at radius 1 is 0.600 bits per heavy atom.